The van der Waals surface area contributed by atoms with Gasteiger partial charge in [-0.25, -0.2) is 13.1 Å². The molecule has 1 unspecified atom stereocenters. The maximum atomic E-state index is 12.1. The van der Waals surface area contributed by atoms with E-state index in [0.717, 1.165) is 0 Å². The molecule has 2 rings (SSSR count). The second kappa shape index (κ2) is 5.51. The summed E-state index contributed by atoms with van der Waals surface area (Å²) in [6, 6.07) is 3.89. The Labute approximate surface area is 126 Å². The normalized spacial score (nSPS) is 24.3. The van der Waals surface area contributed by atoms with Gasteiger partial charge in [0, 0.05) is 16.3 Å². The van der Waals surface area contributed by atoms with Gasteiger partial charge in [0.25, 0.3) is 0 Å². The second-order valence-corrected chi connectivity index (χ2v) is 9.68. The maximum Gasteiger partial charge on any atom is 0.240 e. The molecular weight excluding hydrogens is 378 g/mol. The lowest BCUT2D eigenvalue weighted by Crippen LogP contribution is -2.35. The molecule has 1 heterocycles. The fraction of sp³-hybridized carbons (Fsp3) is 0.400. The maximum absolute atomic E-state index is 12.1. The number of nitrogens with one attached hydrogen (secondary N) is 1. The topological polar surface area (TPSA) is 86.6 Å². The van der Waals surface area contributed by atoms with Crippen LogP contribution in [0, 0.1) is 0 Å². The van der Waals surface area contributed by atoms with Gasteiger partial charge >= 0.3 is 0 Å². The van der Waals surface area contributed by atoms with Gasteiger partial charge in [0.1, 0.15) is 0 Å². The van der Waals surface area contributed by atoms with E-state index >= 15 is 0 Å². The molecular formula is C10H13BrClNO4S2. The lowest BCUT2D eigenvalue weighted by atomic mass is 10.3. The zero-order valence-corrected chi connectivity index (χ0v) is 13.7. The molecule has 1 saturated heterocycles. The molecule has 0 aliphatic carbocycles. The summed E-state index contributed by atoms with van der Waals surface area (Å²) >= 11 is 9.06. The zero-order chi connectivity index (χ0) is 14.3. The molecule has 1 aromatic rings. The van der Waals surface area contributed by atoms with E-state index < -0.39 is 26.7 Å². The Kier molecular flexibility index (Phi) is 4.51. The number of halogens is 2. The molecule has 1 atom stereocenters. The van der Waals surface area contributed by atoms with Crippen molar-refractivity contribution in [3.05, 3.63) is 27.7 Å². The van der Waals surface area contributed by atoms with Gasteiger partial charge in [0.2, 0.25) is 10.0 Å². The van der Waals surface area contributed by atoms with E-state index in [4.69, 9.17) is 11.6 Å². The van der Waals surface area contributed by atoms with Crippen LogP contribution in [0.4, 0.5) is 0 Å². The van der Waals surface area contributed by atoms with E-state index in [9.17, 15) is 17.5 Å². The molecule has 1 aliphatic heterocycles. The van der Waals surface area contributed by atoms with Gasteiger partial charge < -0.3 is 0 Å². The zero-order valence-electron chi connectivity index (χ0n) is 9.71. The third kappa shape index (κ3) is 3.84. The SMILES string of the molecule is O=S(=O)(NC1CCS(O)(O)C1)c1ccc(Br)c(Cl)c1. The van der Waals surface area contributed by atoms with Crippen molar-refractivity contribution in [3.63, 3.8) is 0 Å². The Morgan fingerprint density at radius 3 is 2.63 bits per heavy atom. The van der Waals surface area contributed by atoms with Crippen LogP contribution in [0.15, 0.2) is 27.6 Å². The summed E-state index contributed by atoms with van der Waals surface area (Å²) in [6.45, 7) is 0. The lowest BCUT2D eigenvalue weighted by Gasteiger charge is -2.26. The smallest absolute Gasteiger partial charge is 0.240 e. The van der Waals surface area contributed by atoms with E-state index in [1.54, 1.807) is 6.07 Å². The van der Waals surface area contributed by atoms with Gasteiger partial charge in [-0.2, -0.15) is 10.6 Å². The van der Waals surface area contributed by atoms with Crippen molar-refractivity contribution in [1.82, 2.24) is 4.72 Å². The number of benzene rings is 1. The number of sulfonamides is 1. The first-order valence-corrected chi connectivity index (χ1v) is 9.94. The predicted octanol–water partition coefficient (Wildman–Crippen LogP) is 2.90. The molecule has 0 bridgehead atoms. The van der Waals surface area contributed by atoms with E-state index in [0.29, 0.717) is 15.9 Å². The minimum absolute atomic E-state index is 0.0593. The van der Waals surface area contributed by atoms with Crippen molar-refractivity contribution >= 4 is 48.1 Å². The molecule has 19 heavy (non-hydrogen) atoms. The Bertz CT molecular complexity index is 593. The summed E-state index contributed by atoms with van der Waals surface area (Å²) in [7, 11) is -6.32. The molecule has 0 spiro atoms. The fourth-order valence-electron chi connectivity index (χ4n) is 1.84. The highest BCUT2D eigenvalue weighted by atomic mass is 79.9. The van der Waals surface area contributed by atoms with Crippen LogP contribution in [0.2, 0.25) is 5.02 Å². The summed E-state index contributed by atoms with van der Waals surface area (Å²) < 4.78 is 46.3. The average molecular weight is 391 g/mol. The number of hydrogen-bond acceptors (Lipinski definition) is 4. The standard InChI is InChI=1S/C10H13BrClNO4S2/c11-9-2-1-8(5-10(9)12)19(16,17)13-7-3-4-18(14,15)6-7/h1-2,5,7,13-15H,3-4,6H2. The van der Waals surface area contributed by atoms with E-state index in [1.807, 2.05) is 0 Å². The predicted molar refractivity (Wildman–Crippen MR) is 80.5 cm³/mol. The van der Waals surface area contributed by atoms with Gasteiger partial charge in [-0.15, -0.1) is 0 Å². The molecule has 1 fully saturated rings. The molecule has 3 N–H and O–H groups in total. The van der Waals surface area contributed by atoms with Crippen LogP contribution in [0.1, 0.15) is 6.42 Å². The molecule has 0 amide bonds. The van der Waals surface area contributed by atoms with Crippen LogP contribution in [-0.2, 0) is 10.0 Å². The monoisotopic (exact) mass is 389 g/mol. The van der Waals surface area contributed by atoms with Crippen LogP contribution in [-0.4, -0.2) is 35.1 Å². The fourth-order valence-corrected chi connectivity index (χ4v) is 5.46. The van der Waals surface area contributed by atoms with Crippen molar-refractivity contribution in [2.24, 2.45) is 0 Å². The summed E-state index contributed by atoms with van der Waals surface area (Å²) in [6.07, 6.45) is 0.422. The number of hydrogen-bond donors (Lipinski definition) is 3. The highest BCUT2D eigenvalue weighted by Gasteiger charge is 2.31. The van der Waals surface area contributed by atoms with Gasteiger partial charge in [0.15, 0.2) is 0 Å². The Balaban J connectivity index is 2.17. The Morgan fingerprint density at radius 1 is 1.42 bits per heavy atom. The Hall–Kier alpha value is 0.170. The summed E-state index contributed by atoms with van der Waals surface area (Å²) in [5, 5.41) is 0.304. The summed E-state index contributed by atoms with van der Waals surface area (Å²) in [4.78, 5) is 0.0593. The highest BCUT2D eigenvalue weighted by molar-refractivity contribution is 9.10. The third-order valence-electron chi connectivity index (χ3n) is 2.78. The first-order valence-electron chi connectivity index (χ1n) is 5.41. The molecule has 9 heteroatoms. The third-order valence-corrected chi connectivity index (χ3v) is 7.36. The van der Waals surface area contributed by atoms with Crippen molar-refractivity contribution < 1.29 is 17.5 Å². The van der Waals surface area contributed by atoms with E-state index in [2.05, 4.69) is 20.7 Å². The average Bonchev–Trinajstić information content (AvgIpc) is 2.61. The molecule has 5 nitrogen and oxygen atoms in total. The largest absolute Gasteiger partial charge is 0.299 e. The first-order chi connectivity index (χ1) is 8.70. The molecule has 108 valence electrons. The second-order valence-electron chi connectivity index (χ2n) is 4.36. The van der Waals surface area contributed by atoms with Crippen LogP contribution in [0.5, 0.6) is 0 Å². The minimum Gasteiger partial charge on any atom is -0.299 e. The first kappa shape index (κ1) is 15.6. The van der Waals surface area contributed by atoms with Gasteiger partial charge in [-0.1, -0.05) is 11.6 Å². The highest BCUT2D eigenvalue weighted by Crippen LogP contribution is 2.45. The summed E-state index contributed by atoms with van der Waals surface area (Å²) in [5.41, 5.74) is 0. The molecule has 1 aromatic carbocycles. The molecule has 0 aromatic heterocycles. The van der Waals surface area contributed by atoms with E-state index in [1.165, 1.54) is 12.1 Å². The molecule has 1 aliphatic rings. The van der Waals surface area contributed by atoms with Crippen LogP contribution >= 0.6 is 38.1 Å². The lowest BCUT2D eigenvalue weighted by molar-refractivity contribution is 0.494. The minimum atomic E-state index is -3.70. The van der Waals surface area contributed by atoms with Crippen LogP contribution < -0.4 is 4.72 Å². The van der Waals surface area contributed by atoms with Gasteiger partial charge in [0.05, 0.1) is 15.7 Å². The number of rotatable bonds is 3. The Morgan fingerprint density at radius 2 is 2.11 bits per heavy atom. The van der Waals surface area contributed by atoms with Crippen molar-refractivity contribution in [2.45, 2.75) is 17.4 Å². The van der Waals surface area contributed by atoms with Gasteiger partial charge in [-0.3, -0.25) is 9.11 Å². The molecule has 0 saturated carbocycles. The van der Waals surface area contributed by atoms with E-state index in [-0.39, 0.29) is 16.4 Å². The van der Waals surface area contributed by atoms with Crippen molar-refractivity contribution in [3.8, 4) is 0 Å². The van der Waals surface area contributed by atoms with Crippen LogP contribution in [0.25, 0.3) is 0 Å². The quantitative estimate of drug-likeness (QED) is 0.740. The summed E-state index contributed by atoms with van der Waals surface area (Å²) in [5.74, 6) is 0.303. The van der Waals surface area contributed by atoms with Crippen molar-refractivity contribution in [1.29, 1.82) is 0 Å². The van der Waals surface area contributed by atoms with Crippen molar-refractivity contribution in [2.75, 3.05) is 11.5 Å². The van der Waals surface area contributed by atoms with Gasteiger partial charge in [-0.05, 0) is 40.5 Å². The van der Waals surface area contributed by atoms with Crippen LogP contribution in [0.3, 0.4) is 0 Å². The molecule has 0 radical (unpaired) electrons.